The third kappa shape index (κ3) is 3.49. The quantitative estimate of drug-likeness (QED) is 0.745. The molecule has 0 aliphatic heterocycles. The largest absolute Gasteiger partial charge is 0.480 e. The molecule has 2 aliphatic carbocycles. The molecule has 0 atom stereocenters. The van der Waals surface area contributed by atoms with Crippen LogP contribution in [-0.2, 0) is 15.0 Å². The number of nitrogens with zero attached hydrogens (tertiary/aromatic N) is 1. The minimum absolute atomic E-state index is 0.0741. The number of amides is 1. The molecule has 130 valence electrons. The van der Waals surface area contributed by atoms with E-state index in [-0.39, 0.29) is 30.0 Å². The van der Waals surface area contributed by atoms with Gasteiger partial charge in [-0.05, 0) is 49.9 Å². The number of carbonyl (C=O) groups is 2. The molecular weight excluding hydrogens is 372 g/mol. The molecule has 1 aromatic carbocycles. The van der Waals surface area contributed by atoms with E-state index in [0.29, 0.717) is 0 Å². The van der Waals surface area contributed by atoms with Crippen LogP contribution in [0.3, 0.4) is 0 Å². The van der Waals surface area contributed by atoms with Crippen molar-refractivity contribution in [2.45, 2.75) is 50.1 Å². The fraction of sp³-hybridized carbons (Fsp3) is 0.556. The van der Waals surface area contributed by atoms with Crippen molar-refractivity contribution in [2.24, 2.45) is 0 Å². The second kappa shape index (κ2) is 6.84. The van der Waals surface area contributed by atoms with Crippen LogP contribution in [0.1, 0.15) is 38.2 Å². The molecule has 5 nitrogen and oxygen atoms in total. The van der Waals surface area contributed by atoms with E-state index in [1.54, 1.807) is 0 Å². The molecule has 1 amide bonds. The van der Waals surface area contributed by atoms with Crippen molar-refractivity contribution in [3.8, 4) is 0 Å². The van der Waals surface area contributed by atoms with E-state index in [4.69, 9.17) is 5.11 Å². The molecule has 6 heteroatoms. The third-order valence-corrected chi connectivity index (χ3v) is 5.82. The summed E-state index contributed by atoms with van der Waals surface area (Å²) in [5, 5.41) is 12.1. The Labute approximate surface area is 150 Å². The first-order valence-corrected chi connectivity index (χ1v) is 9.27. The number of halogens is 1. The number of carboxylic acids is 1. The summed E-state index contributed by atoms with van der Waals surface area (Å²) < 4.78 is 1.02. The van der Waals surface area contributed by atoms with Gasteiger partial charge >= 0.3 is 5.97 Å². The van der Waals surface area contributed by atoms with Gasteiger partial charge in [0, 0.05) is 16.6 Å². The van der Waals surface area contributed by atoms with Crippen LogP contribution in [0.5, 0.6) is 0 Å². The van der Waals surface area contributed by atoms with Crippen molar-refractivity contribution in [1.82, 2.24) is 10.2 Å². The maximum absolute atomic E-state index is 12.7. The molecule has 1 aromatic rings. The van der Waals surface area contributed by atoms with Gasteiger partial charge in [-0.25, -0.2) is 0 Å². The predicted octanol–water partition coefficient (Wildman–Crippen LogP) is 2.53. The van der Waals surface area contributed by atoms with Crippen LogP contribution in [0.2, 0.25) is 0 Å². The third-order valence-electron chi connectivity index (χ3n) is 5.29. The normalized spacial score (nSPS) is 24.3. The van der Waals surface area contributed by atoms with Gasteiger partial charge in [-0.3, -0.25) is 14.5 Å². The van der Waals surface area contributed by atoms with Crippen LogP contribution in [0, 0.1) is 0 Å². The van der Waals surface area contributed by atoms with E-state index in [1.165, 1.54) is 0 Å². The molecule has 0 saturated heterocycles. The number of rotatable bonds is 7. The summed E-state index contributed by atoms with van der Waals surface area (Å²) in [6.45, 7) is 2.77. The predicted molar refractivity (Wildman–Crippen MR) is 94.9 cm³/mol. The molecule has 2 N–H and O–H groups in total. The number of nitrogens with one attached hydrogen (secondary N) is 1. The SMILES string of the molecule is CCN(CC(=O)O)C1CC(NC(=O)C2(c3ccc(Br)cc3)CC2)C1. The standard InChI is InChI=1S/C18H23BrN2O3/c1-2-21(11-16(22)23)15-9-14(10-15)20-17(24)18(7-8-18)12-3-5-13(19)6-4-12/h3-6,14-15H,2,7-11H2,1H3,(H,20,24)(H,22,23). The van der Waals surface area contributed by atoms with E-state index in [9.17, 15) is 9.59 Å². The topological polar surface area (TPSA) is 69.6 Å². The highest BCUT2D eigenvalue weighted by molar-refractivity contribution is 9.10. The highest BCUT2D eigenvalue weighted by Gasteiger charge is 2.52. The minimum Gasteiger partial charge on any atom is -0.480 e. The Balaban J connectivity index is 1.54. The first kappa shape index (κ1) is 17.4. The number of benzene rings is 1. The summed E-state index contributed by atoms with van der Waals surface area (Å²) in [4.78, 5) is 25.6. The van der Waals surface area contributed by atoms with Gasteiger partial charge in [0.1, 0.15) is 0 Å². The molecular formula is C18H23BrN2O3. The van der Waals surface area contributed by atoms with Crippen molar-refractivity contribution >= 4 is 27.8 Å². The van der Waals surface area contributed by atoms with Crippen LogP contribution >= 0.6 is 15.9 Å². The molecule has 0 radical (unpaired) electrons. The van der Waals surface area contributed by atoms with Gasteiger partial charge in [-0.1, -0.05) is 35.0 Å². The molecule has 3 rings (SSSR count). The zero-order chi connectivity index (χ0) is 17.3. The van der Waals surface area contributed by atoms with Crippen molar-refractivity contribution in [1.29, 1.82) is 0 Å². The smallest absolute Gasteiger partial charge is 0.317 e. The van der Waals surface area contributed by atoms with Crippen molar-refractivity contribution < 1.29 is 14.7 Å². The first-order valence-electron chi connectivity index (χ1n) is 8.47. The van der Waals surface area contributed by atoms with Crippen LogP contribution in [0.15, 0.2) is 28.7 Å². The van der Waals surface area contributed by atoms with Gasteiger partial charge in [0.05, 0.1) is 12.0 Å². The number of carbonyl (C=O) groups excluding carboxylic acids is 1. The summed E-state index contributed by atoms with van der Waals surface area (Å²) in [6, 6.07) is 8.43. The molecule has 0 unspecified atom stereocenters. The van der Waals surface area contributed by atoms with Crippen LogP contribution in [0.4, 0.5) is 0 Å². The molecule has 0 heterocycles. The number of hydrogen-bond donors (Lipinski definition) is 2. The number of likely N-dealkylation sites (N-methyl/N-ethyl adjacent to an activating group) is 1. The highest BCUT2D eigenvalue weighted by atomic mass is 79.9. The minimum atomic E-state index is -0.795. The highest BCUT2D eigenvalue weighted by Crippen LogP contribution is 2.49. The number of aliphatic carboxylic acids is 1. The second-order valence-electron chi connectivity index (χ2n) is 6.84. The monoisotopic (exact) mass is 394 g/mol. The zero-order valence-electron chi connectivity index (χ0n) is 13.8. The summed E-state index contributed by atoms with van der Waals surface area (Å²) in [7, 11) is 0. The van der Waals surface area contributed by atoms with Crippen LogP contribution in [-0.4, -0.2) is 47.1 Å². The summed E-state index contributed by atoms with van der Waals surface area (Å²) in [5.74, 6) is -0.675. The lowest BCUT2D eigenvalue weighted by atomic mass is 9.84. The van der Waals surface area contributed by atoms with Gasteiger partial charge < -0.3 is 10.4 Å². The zero-order valence-corrected chi connectivity index (χ0v) is 15.4. The molecule has 2 saturated carbocycles. The van der Waals surface area contributed by atoms with Gasteiger partial charge in [-0.2, -0.15) is 0 Å². The summed E-state index contributed by atoms with van der Waals surface area (Å²) in [6.07, 6.45) is 3.47. The van der Waals surface area contributed by atoms with Crippen LogP contribution in [0.25, 0.3) is 0 Å². The molecule has 2 fully saturated rings. The Hall–Kier alpha value is -1.40. The van der Waals surface area contributed by atoms with E-state index < -0.39 is 5.97 Å². The van der Waals surface area contributed by atoms with Gasteiger partial charge in [0.25, 0.3) is 0 Å². The van der Waals surface area contributed by atoms with Gasteiger partial charge in [0.15, 0.2) is 0 Å². The first-order chi connectivity index (χ1) is 11.4. The van der Waals surface area contributed by atoms with E-state index >= 15 is 0 Å². The Morgan fingerprint density at radius 3 is 2.42 bits per heavy atom. The van der Waals surface area contributed by atoms with Crippen molar-refractivity contribution in [3.05, 3.63) is 34.3 Å². The Morgan fingerprint density at radius 2 is 1.92 bits per heavy atom. The molecule has 0 spiro atoms. The Morgan fingerprint density at radius 1 is 1.29 bits per heavy atom. The van der Waals surface area contributed by atoms with E-state index in [0.717, 1.165) is 42.3 Å². The molecule has 0 bridgehead atoms. The number of hydrogen-bond acceptors (Lipinski definition) is 3. The average molecular weight is 395 g/mol. The van der Waals surface area contributed by atoms with E-state index in [2.05, 4.69) is 21.2 Å². The lowest BCUT2D eigenvalue weighted by molar-refractivity contribution is -0.140. The maximum Gasteiger partial charge on any atom is 0.317 e. The summed E-state index contributed by atoms with van der Waals surface area (Å²) >= 11 is 3.43. The Bertz CT molecular complexity index is 622. The van der Waals surface area contributed by atoms with Crippen LogP contribution < -0.4 is 5.32 Å². The molecule has 0 aromatic heterocycles. The fourth-order valence-corrected chi connectivity index (χ4v) is 3.81. The summed E-state index contributed by atoms with van der Waals surface area (Å²) in [5.41, 5.74) is 0.734. The molecule has 24 heavy (non-hydrogen) atoms. The van der Waals surface area contributed by atoms with Gasteiger partial charge in [0.2, 0.25) is 5.91 Å². The number of carboxylic acid groups (broad SMARTS) is 1. The lowest BCUT2D eigenvalue weighted by Crippen LogP contribution is -2.56. The van der Waals surface area contributed by atoms with Crippen molar-refractivity contribution in [2.75, 3.05) is 13.1 Å². The van der Waals surface area contributed by atoms with E-state index in [1.807, 2.05) is 36.1 Å². The maximum atomic E-state index is 12.7. The van der Waals surface area contributed by atoms with Gasteiger partial charge in [-0.15, -0.1) is 0 Å². The van der Waals surface area contributed by atoms with Crippen molar-refractivity contribution in [3.63, 3.8) is 0 Å². The second-order valence-corrected chi connectivity index (χ2v) is 7.76. The molecule has 2 aliphatic rings. The fourth-order valence-electron chi connectivity index (χ4n) is 3.54. The lowest BCUT2D eigenvalue weighted by Gasteiger charge is -2.42. The average Bonchev–Trinajstić information content (AvgIpc) is 3.30. The Kier molecular flexibility index (Phi) is 4.97.